The minimum Gasteiger partial charge on any atom is -0.391 e. The molecule has 11 heteroatoms. The number of imide groups is 1. The number of carbonyl (C=O) groups is 4. The Bertz CT molecular complexity index is 1520. The molecular formula is C40H57N6O5+. The van der Waals surface area contributed by atoms with E-state index < -0.39 is 40.7 Å². The van der Waals surface area contributed by atoms with Gasteiger partial charge in [0.1, 0.15) is 17.9 Å². The summed E-state index contributed by atoms with van der Waals surface area (Å²) in [5, 5.41) is 14.7. The molecule has 276 valence electrons. The molecule has 5 amide bonds. The summed E-state index contributed by atoms with van der Waals surface area (Å²) in [7, 11) is 0. The number of rotatable bonds is 17. The first-order chi connectivity index (χ1) is 24.4. The topological polar surface area (TPSA) is 168 Å². The van der Waals surface area contributed by atoms with Crippen molar-refractivity contribution in [2.75, 3.05) is 0 Å². The van der Waals surface area contributed by atoms with Crippen LogP contribution in [-0.2, 0) is 27.3 Å². The van der Waals surface area contributed by atoms with Gasteiger partial charge in [0.2, 0.25) is 18.2 Å². The third-order valence-corrected chi connectivity index (χ3v) is 10.1. The van der Waals surface area contributed by atoms with Gasteiger partial charge in [-0.3, -0.25) is 9.59 Å². The number of aliphatic imine (C=N–C) groups is 1. The average Bonchev–Trinajstić information content (AvgIpc) is 3.55. The zero-order valence-electron chi connectivity index (χ0n) is 30.5. The first kappa shape index (κ1) is 39.6. The fourth-order valence-electron chi connectivity index (χ4n) is 7.34. The zero-order chi connectivity index (χ0) is 37.0. The number of quaternary nitrogens is 1. The number of urea groups is 1. The predicted octanol–water partition coefficient (Wildman–Crippen LogP) is 5.31. The minimum absolute atomic E-state index is 0.0788. The number of amides is 5. The lowest BCUT2D eigenvalue weighted by Crippen LogP contribution is -2.59. The summed E-state index contributed by atoms with van der Waals surface area (Å²) in [4.78, 5) is 59.7. The number of hydrogen-bond acceptors (Lipinski definition) is 7. The van der Waals surface area contributed by atoms with E-state index >= 15 is 0 Å². The standard InChI is InChI=1S/C40H56N6O5/c1-28(2)21-38(49)45(29(3)22-33-26-46(27-44-33,40(42)51)39(50)34(41)23-30-13-7-4-8-14-30)35(24-31-15-9-5-10-16-31)36(47)19-20-37(48)43-25-32-17-11-6-12-18-32/h4,6-8,11-14,17-18,26-29,31,34-36,47H,5,9-10,15-16,19-25,41H2,1-3H3,(H2-,42,43,48,51)/p+1/t29-,34+,35?,36?,46?/m1/s1. The van der Waals surface area contributed by atoms with E-state index in [1.807, 2.05) is 81.4 Å². The van der Waals surface area contributed by atoms with Crippen LogP contribution in [0.2, 0.25) is 0 Å². The molecule has 2 aromatic rings. The average molecular weight is 702 g/mol. The number of nitrogens with two attached hydrogens (primary N) is 2. The molecule has 51 heavy (non-hydrogen) atoms. The summed E-state index contributed by atoms with van der Waals surface area (Å²) in [6, 6.07) is 16.1. The first-order valence-electron chi connectivity index (χ1n) is 18.5. The van der Waals surface area contributed by atoms with Crippen molar-refractivity contribution in [1.82, 2.24) is 10.2 Å². The number of hydrogen-bond donors (Lipinski definition) is 4. The van der Waals surface area contributed by atoms with Gasteiger partial charge in [-0.15, -0.1) is 4.48 Å². The molecule has 1 heterocycles. The fraction of sp³-hybridized carbons (Fsp3) is 0.525. The molecule has 1 fully saturated rings. The molecule has 0 spiro atoms. The molecule has 1 aliphatic heterocycles. The van der Waals surface area contributed by atoms with Gasteiger partial charge < -0.3 is 26.8 Å². The number of carbonyl (C=O) groups excluding carboxylic acids is 4. The highest BCUT2D eigenvalue weighted by molar-refractivity contribution is 5.95. The molecule has 2 aromatic carbocycles. The van der Waals surface area contributed by atoms with Crippen LogP contribution in [0.15, 0.2) is 77.6 Å². The zero-order valence-corrected chi connectivity index (χ0v) is 30.5. The molecule has 0 bridgehead atoms. The van der Waals surface area contributed by atoms with Gasteiger partial charge in [-0.25, -0.2) is 14.6 Å². The van der Waals surface area contributed by atoms with E-state index in [4.69, 9.17) is 11.5 Å². The van der Waals surface area contributed by atoms with Crippen LogP contribution < -0.4 is 16.8 Å². The van der Waals surface area contributed by atoms with Crippen molar-refractivity contribution in [3.63, 3.8) is 0 Å². The molecule has 0 aromatic heterocycles. The molecule has 2 aliphatic rings. The highest BCUT2D eigenvalue weighted by Crippen LogP contribution is 2.33. The second-order valence-corrected chi connectivity index (χ2v) is 14.7. The SMILES string of the molecule is CC(C)CC(=O)N(C(CC1CCCCC1)C(O)CCC(=O)NCc1ccccc1)[C@H](C)CC1=C[N+](C(N)=O)(C(=O)[C@@H](N)Cc2ccccc2)C=N1. The molecule has 11 nitrogen and oxygen atoms in total. The summed E-state index contributed by atoms with van der Waals surface area (Å²) < 4.78 is -0.942. The lowest BCUT2D eigenvalue weighted by atomic mass is 9.82. The second-order valence-electron chi connectivity index (χ2n) is 14.7. The van der Waals surface area contributed by atoms with E-state index in [-0.39, 0.29) is 49.8 Å². The number of nitrogens with one attached hydrogen (secondary N) is 1. The Morgan fingerprint density at radius 3 is 2.18 bits per heavy atom. The normalized spacial score (nSPS) is 19.9. The van der Waals surface area contributed by atoms with Crippen molar-refractivity contribution in [3.05, 3.63) is 83.7 Å². The number of primary amides is 1. The monoisotopic (exact) mass is 701 g/mol. The molecule has 3 unspecified atom stereocenters. The fourth-order valence-corrected chi connectivity index (χ4v) is 7.34. The Hall–Kier alpha value is -4.19. The lowest BCUT2D eigenvalue weighted by Gasteiger charge is -2.41. The van der Waals surface area contributed by atoms with E-state index in [2.05, 4.69) is 10.3 Å². The van der Waals surface area contributed by atoms with E-state index in [9.17, 15) is 24.3 Å². The minimum atomic E-state index is -1.01. The Kier molecular flexibility index (Phi) is 14.7. The Morgan fingerprint density at radius 1 is 0.941 bits per heavy atom. The van der Waals surface area contributed by atoms with Gasteiger partial charge in [0.25, 0.3) is 0 Å². The number of aliphatic hydroxyl groups is 1. The van der Waals surface area contributed by atoms with E-state index in [0.29, 0.717) is 24.6 Å². The summed E-state index contributed by atoms with van der Waals surface area (Å²) in [6.45, 7) is 6.27. The highest BCUT2D eigenvalue weighted by Gasteiger charge is 2.47. The molecule has 4 rings (SSSR count). The Labute approximate surface area is 302 Å². The van der Waals surface area contributed by atoms with E-state index in [1.165, 1.54) is 19.0 Å². The van der Waals surface area contributed by atoms with Crippen LogP contribution in [0.5, 0.6) is 0 Å². The largest absolute Gasteiger partial charge is 0.432 e. The van der Waals surface area contributed by atoms with E-state index in [1.54, 1.807) is 4.90 Å². The third kappa shape index (κ3) is 11.1. The molecule has 1 saturated carbocycles. The van der Waals surface area contributed by atoms with Crippen molar-refractivity contribution < 1.29 is 28.8 Å². The van der Waals surface area contributed by atoms with Crippen LogP contribution in [0.3, 0.4) is 0 Å². The van der Waals surface area contributed by atoms with Crippen LogP contribution >= 0.6 is 0 Å². The predicted molar refractivity (Wildman–Crippen MR) is 198 cm³/mol. The Balaban J connectivity index is 1.54. The summed E-state index contributed by atoms with van der Waals surface area (Å²) in [5.74, 6) is -0.427. The number of aliphatic hydroxyl groups excluding tert-OH is 1. The van der Waals surface area contributed by atoms with Crippen molar-refractivity contribution >= 4 is 30.1 Å². The number of benzene rings is 2. The smallest absolute Gasteiger partial charge is 0.391 e. The van der Waals surface area contributed by atoms with Crippen molar-refractivity contribution in [1.29, 1.82) is 0 Å². The second kappa shape index (κ2) is 18.9. The highest BCUT2D eigenvalue weighted by atomic mass is 16.3. The van der Waals surface area contributed by atoms with Gasteiger partial charge in [0, 0.05) is 38.3 Å². The lowest BCUT2D eigenvalue weighted by molar-refractivity contribution is -0.606. The molecule has 0 saturated heterocycles. The Morgan fingerprint density at radius 2 is 1.57 bits per heavy atom. The molecular weight excluding hydrogens is 644 g/mol. The molecule has 0 radical (unpaired) electrons. The van der Waals surface area contributed by atoms with E-state index in [0.717, 1.165) is 36.8 Å². The summed E-state index contributed by atoms with van der Waals surface area (Å²) >= 11 is 0. The van der Waals surface area contributed by atoms with Gasteiger partial charge >= 0.3 is 11.9 Å². The van der Waals surface area contributed by atoms with Gasteiger partial charge in [0.05, 0.1) is 12.1 Å². The van der Waals surface area contributed by atoms with Crippen molar-refractivity contribution in [2.45, 2.75) is 122 Å². The maximum absolute atomic E-state index is 14.1. The number of nitrogens with zero attached hydrogens (tertiary/aromatic N) is 3. The van der Waals surface area contributed by atoms with Crippen LogP contribution in [0.1, 0.15) is 96.1 Å². The third-order valence-electron chi connectivity index (χ3n) is 10.1. The van der Waals surface area contributed by atoms with Crippen LogP contribution in [0, 0.1) is 11.8 Å². The molecule has 1 aliphatic carbocycles. The maximum atomic E-state index is 14.1. The first-order valence-corrected chi connectivity index (χ1v) is 18.5. The van der Waals surface area contributed by atoms with Gasteiger partial charge in [-0.2, -0.15) is 0 Å². The van der Waals surface area contributed by atoms with Crippen LogP contribution in [0.25, 0.3) is 0 Å². The van der Waals surface area contributed by atoms with Crippen LogP contribution in [-0.4, -0.2) is 68.8 Å². The molecule has 5 atom stereocenters. The van der Waals surface area contributed by atoms with Gasteiger partial charge in [0.15, 0.2) is 0 Å². The summed E-state index contributed by atoms with van der Waals surface area (Å²) in [6.07, 6.45) is 8.85. The van der Waals surface area contributed by atoms with Crippen molar-refractivity contribution in [2.24, 2.45) is 28.3 Å². The van der Waals surface area contributed by atoms with Gasteiger partial charge in [-0.1, -0.05) is 107 Å². The quantitative estimate of drug-likeness (QED) is 0.163. The van der Waals surface area contributed by atoms with Crippen LogP contribution in [0.4, 0.5) is 4.79 Å². The maximum Gasteiger partial charge on any atom is 0.432 e. The molecule has 6 N–H and O–H groups in total. The van der Waals surface area contributed by atoms with Gasteiger partial charge in [-0.05, 0) is 42.7 Å². The summed E-state index contributed by atoms with van der Waals surface area (Å²) in [5.41, 5.74) is 14.4. The van der Waals surface area contributed by atoms with Crippen molar-refractivity contribution in [3.8, 4) is 0 Å².